The van der Waals surface area contributed by atoms with Crippen molar-refractivity contribution in [2.45, 2.75) is 86.4 Å². The molecule has 2 atom stereocenters. The van der Waals surface area contributed by atoms with E-state index in [1.165, 1.54) is 42.4 Å². The number of benzene rings is 1. The fourth-order valence-electron chi connectivity index (χ4n) is 8.45. The average molecular weight is 841 g/mol. The lowest BCUT2D eigenvalue weighted by Gasteiger charge is -2.49. The molecular formula is C35H49IN14O3. The lowest BCUT2D eigenvalue weighted by Crippen LogP contribution is -2.65. The van der Waals surface area contributed by atoms with Crippen LogP contribution in [0, 0.1) is 5.92 Å². The van der Waals surface area contributed by atoms with Gasteiger partial charge in [-0.15, -0.1) is 0 Å². The van der Waals surface area contributed by atoms with Crippen molar-refractivity contribution < 1.29 is 14.3 Å². The van der Waals surface area contributed by atoms with Crippen molar-refractivity contribution in [2.75, 3.05) is 57.5 Å². The number of amides is 2. The number of halogens is 1. The Kier molecular flexibility index (Phi) is 12.3. The minimum Gasteiger partial charge on any atom is -0.381 e. The van der Waals surface area contributed by atoms with Crippen molar-refractivity contribution in [3.63, 3.8) is 0 Å². The molecule has 0 bridgehead atoms. The highest BCUT2D eigenvalue weighted by Crippen LogP contribution is 2.34. The highest BCUT2D eigenvalue weighted by Gasteiger charge is 2.44. The van der Waals surface area contributed by atoms with Crippen LogP contribution in [0.2, 0.25) is 0 Å². The van der Waals surface area contributed by atoms with Crippen molar-refractivity contribution in [1.29, 1.82) is 0 Å². The first kappa shape index (κ1) is 37.7. The second-order valence-corrected chi connectivity index (χ2v) is 16.0. The Hall–Kier alpha value is -3.61. The van der Waals surface area contributed by atoms with Gasteiger partial charge in [-0.3, -0.25) is 29.3 Å². The molecule has 53 heavy (non-hydrogen) atoms. The van der Waals surface area contributed by atoms with Crippen molar-refractivity contribution in [1.82, 2.24) is 30.2 Å². The van der Waals surface area contributed by atoms with E-state index >= 15 is 0 Å². The number of azide groups is 2. The lowest BCUT2D eigenvalue weighted by molar-refractivity contribution is -0.138. The van der Waals surface area contributed by atoms with Crippen molar-refractivity contribution in [3.05, 3.63) is 73.9 Å². The number of anilines is 1. The molecule has 18 heteroatoms. The maximum absolute atomic E-state index is 13.6. The fourth-order valence-corrected chi connectivity index (χ4v) is 9.19. The van der Waals surface area contributed by atoms with Gasteiger partial charge in [0.1, 0.15) is 12.0 Å². The number of allylic oxidation sites excluding steroid dienone is 2. The summed E-state index contributed by atoms with van der Waals surface area (Å²) in [6.07, 6.45) is 11.5. The van der Waals surface area contributed by atoms with Crippen LogP contribution in [-0.2, 0) is 16.1 Å². The maximum atomic E-state index is 13.6. The molecule has 2 amide bonds. The summed E-state index contributed by atoms with van der Waals surface area (Å²) in [6, 6.07) is 6.05. The zero-order valence-electron chi connectivity index (χ0n) is 30.0. The number of hydrazine groups is 1. The number of rotatable bonds is 12. The molecule has 0 aromatic heterocycles. The van der Waals surface area contributed by atoms with Crippen LogP contribution in [0.15, 0.2) is 52.1 Å². The van der Waals surface area contributed by atoms with E-state index in [0.717, 1.165) is 57.5 Å². The van der Waals surface area contributed by atoms with Crippen LogP contribution in [0.4, 0.5) is 5.69 Å². The summed E-state index contributed by atoms with van der Waals surface area (Å²) in [5.41, 5.74) is 20.6. The zero-order chi connectivity index (χ0) is 36.9. The Morgan fingerprint density at radius 2 is 1.79 bits per heavy atom. The lowest BCUT2D eigenvalue weighted by atomic mass is 9.89. The summed E-state index contributed by atoms with van der Waals surface area (Å²) < 4.78 is 4.85. The van der Waals surface area contributed by atoms with E-state index in [4.69, 9.17) is 16.1 Å². The molecule has 4 aliphatic heterocycles. The van der Waals surface area contributed by atoms with Gasteiger partial charge in [-0.2, -0.15) is 0 Å². The predicted molar refractivity (Wildman–Crippen MR) is 208 cm³/mol. The summed E-state index contributed by atoms with van der Waals surface area (Å²) in [5.74, 6) is 7.94. The third-order valence-electron chi connectivity index (χ3n) is 11.5. The Morgan fingerprint density at radius 1 is 1.04 bits per heavy atom. The van der Waals surface area contributed by atoms with E-state index in [1.54, 1.807) is 24.3 Å². The highest BCUT2D eigenvalue weighted by molar-refractivity contribution is 14.1. The Labute approximate surface area is 323 Å². The number of nitrogens with zero attached hydrogens (tertiary/aromatic N) is 11. The van der Waals surface area contributed by atoms with Crippen LogP contribution in [0.1, 0.15) is 67.3 Å². The normalized spacial score (nSPS) is 26.6. The van der Waals surface area contributed by atoms with E-state index in [9.17, 15) is 15.1 Å². The number of ether oxygens (including phenoxy) is 1. The zero-order valence-corrected chi connectivity index (χ0v) is 32.1. The smallest absolute Gasteiger partial charge is 0.251 e. The molecule has 7 rings (SSSR count). The summed E-state index contributed by atoms with van der Waals surface area (Å²) in [6.45, 7) is 7.21. The number of nitrogens with one attached hydrogen (secondary N) is 2. The van der Waals surface area contributed by atoms with Crippen molar-refractivity contribution in [3.8, 4) is 0 Å². The quantitative estimate of drug-likeness (QED) is 0.0402. The minimum atomic E-state index is -0.747. The van der Waals surface area contributed by atoms with Crippen LogP contribution in [0.5, 0.6) is 0 Å². The summed E-state index contributed by atoms with van der Waals surface area (Å²) >= 11 is 1.96. The summed E-state index contributed by atoms with van der Waals surface area (Å²) in [5, 5.41) is 15.9. The van der Waals surface area contributed by atoms with Gasteiger partial charge in [0.2, 0.25) is 5.91 Å². The Balaban J connectivity index is 1.02. The molecule has 2 saturated carbocycles. The number of piperazine rings is 2. The fraction of sp³-hybridized carbons (Fsp3) is 0.657. The van der Waals surface area contributed by atoms with Crippen LogP contribution in [-0.4, -0.2) is 112 Å². The van der Waals surface area contributed by atoms with Crippen molar-refractivity contribution in [2.24, 2.45) is 22.0 Å². The molecule has 6 aliphatic rings. The first-order valence-electron chi connectivity index (χ1n) is 18.8. The van der Waals surface area contributed by atoms with E-state index in [0.29, 0.717) is 47.6 Å². The number of alkyl halides is 1. The number of carbonyl (C=O) groups excluding carboxylic acids is 2. The summed E-state index contributed by atoms with van der Waals surface area (Å²) in [7, 11) is 0. The van der Waals surface area contributed by atoms with Crippen molar-refractivity contribution >= 4 is 40.1 Å². The van der Waals surface area contributed by atoms with Gasteiger partial charge < -0.3 is 20.3 Å². The topological polar surface area (TPSA) is 207 Å². The molecule has 1 aromatic carbocycles. The van der Waals surface area contributed by atoms with Gasteiger partial charge >= 0.3 is 0 Å². The van der Waals surface area contributed by atoms with Crippen LogP contribution in [0.3, 0.4) is 0 Å². The SMILES string of the molecule is [N-]=[N+]=NCc1cc(C(=O)NC2CCC(N3CCN(CC4CC4)CC3)CC2)ccc1N(N)C1=CC=C2C(N1)N(C1CCOCC1)CC(=O)N2C(I)N=[N+]=[N-]. The number of hydrogen-bond donors (Lipinski definition) is 3. The molecule has 4 N–H and O–H groups in total. The molecule has 3 saturated heterocycles. The molecule has 2 unspecified atom stereocenters. The molecule has 17 nitrogen and oxygen atoms in total. The first-order chi connectivity index (χ1) is 25.8. The van der Waals surface area contributed by atoms with Gasteiger partial charge in [0.05, 0.1) is 24.5 Å². The monoisotopic (exact) mass is 840 g/mol. The van der Waals surface area contributed by atoms with Gasteiger partial charge in [-0.05, 0) is 104 Å². The molecule has 2 aliphatic carbocycles. The number of carbonyl (C=O) groups is 2. The molecule has 0 spiro atoms. The Bertz CT molecular complexity index is 1670. The molecule has 4 heterocycles. The molecular weight excluding hydrogens is 791 g/mol. The molecule has 5 fully saturated rings. The van der Waals surface area contributed by atoms with Crippen LogP contribution >= 0.6 is 22.6 Å². The maximum Gasteiger partial charge on any atom is 0.251 e. The molecule has 284 valence electrons. The largest absolute Gasteiger partial charge is 0.381 e. The van der Waals surface area contributed by atoms with Gasteiger partial charge in [-0.1, -0.05) is 32.8 Å². The third-order valence-corrected chi connectivity index (χ3v) is 12.3. The average Bonchev–Trinajstić information content (AvgIpc) is 4.01. The summed E-state index contributed by atoms with van der Waals surface area (Å²) in [4.78, 5) is 41.8. The van der Waals surface area contributed by atoms with Gasteiger partial charge in [-0.25, -0.2) is 5.84 Å². The van der Waals surface area contributed by atoms with E-state index in [1.807, 2.05) is 28.7 Å². The Morgan fingerprint density at radius 3 is 2.49 bits per heavy atom. The molecule has 0 radical (unpaired) electrons. The second-order valence-electron chi connectivity index (χ2n) is 14.8. The highest BCUT2D eigenvalue weighted by atomic mass is 127. The van der Waals surface area contributed by atoms with Gasteiger partial charge in [0.15, 0.2) is 4.17 Å². The molecule has 1 aromatic rings. The van der Waals surface area contributed by atoms with Gasteiger partial charge in [0.25, 0.3) is 5.91 Å². The predicted octanol–water partition coefficient (Wildman–Crippen LogP) is 4.25. The number of fused-ring (bicyclic) bond motifs is 1. The van der Waals surface area contributed by atoms with E-state index in [-0.39, 0.29) is 37.0 Å². The van der Waals surface area contributed by atoms with E-state index < -0.39 is 10.3 Å². The van der Waals surface area contributed by atoms with Gasteiger partial charge in [0, 0.05) is 79.4 Å². The van der Waals surface area contributed by atoms with Crippen LogP contribution < -0.4 is 21.5 Å². The minimum absolute atomic E-state index is 0.00334. The number of nitrogens with two attached hydrogens (primary N) is 1. The first-order valence-corrected chi connectivity index (χ1v) is 20.1. The standard InChI is InChI=1S/C35H49IN14O3/c36-35(43-45-38)49-30-9-10-31(42-33(30)48(22-32(49)51)28-11-17-53-18-12-28)50(39)29-8-3-24(19-25(29)20-40-44-37)34(52)41-26-4-6-27(7-5-26)47-15-13-46(14-16-47)21-23-1-2-23/h3,8-10,19,23,26-28,33,35,42H,1-2,4-7,11-18,20-22,39H2,(H,41,52). The third kappa shape index (κ3) is 8.86. The van der Waals surface area contributed by atoms with Crippen LogP contribution in [0.25, 0.3) is 20.9 Å². The number of hydrogen-bond acceptors (Lipinski definition) is 11. The number of dihydropyridines is 1. The second kappa shape index (κ2) is 17.2. The van der Waals surface area contributed by atoms with E-state index in [2.05, 4.69) is 45.4 Å².